The highest BCUT2D eigenvalue weighted by Crippen LogP contribution is 2.34. The molecule has 0 unspecified atom stereocenters. The average Bonchev–Trinajstić information content (AvgIpc) is 3.35. The third-order valence-corrected chi connectivity index (χ3v) is 5.96. The molecule has 30 heavy (non-hydrogen) atoms. The molecule has 4 aromatic rings. The van der Waals surface area contributed by atoms with Gasteiger partial charge in [0.05, 0.1) is 11.3 Å². The lowest BCUT2D eigenvalue weighted by molar-refractivity contribution is -0.119. The zero-order valence-electron chi connectivity index (χ0n) is 15.8. The number of aromatic nitrogens is 3. The second-order valence-electron chi connectivity index (χ2n) is 6.98. The molecule has 0 radical (unpaired) electrons. The van der Waals surface area contributed by atoms with E-state index in [1.807, 2.05) is 31.2 Å². The number of nitrogens with two attached hydrogens (primary N) is 1. The largest absolute Gasteiger partial charge is 0.368 e. The summed E-state index contributed by atoms with van der Waals surface area (Å²) in [5.74, 6) is -0.620. The van der Waals surface area contributed by atoms with E-state index in [9.17, 15) is 14.4 Å². The minimum atomic E-state index is -0.632. The first-order chi connectivity index (χ1) is 14.4. The van der Waals surface area contributed by atoms with Crippen molar-refractivity contribution >= 4 is 39.4 Å². The molecular weight excluding hydrogens is 402 g/mol. The van der Waals surface area contributed by atoms with Gasteiger partial charge in [0.1, 0.15) is 11.1 Å². The number of carbonyl (C=O) groups excluding carboxylic acids is 2. The maximum Gasteiger partial charge on any atom is 0.291 e. The Bertz CT molecular complexity index is 1450. The van der Waals surface area contributed by atoms with Gasteiger partial charge < -0.3 is 5.73 Å². The van der Waals surface area contributed by atoms with Crippen LogP contribution in [0.4, 0.5) is 5.69 Å². The highest BCUT2D eigenvalue weighted by atomic mass is 32.1. The Morgan fingerprint density at radius 1 is 1.10 bits per heavy atom. The number of rotatable bonds is 3. The van der Waals surface area contributed by atoms with E-state index in [1.54, 1.807) is 24.3 Å². The van der Waals surface area contributed by atoms with E-state index in [0.29, 0.717) is 22.0 Å². The number of nitrogens with zero attached hydrogens (tertiary/aromatic N) is 4. The van der Waals surface area contributed by atoms with Crippen LogP contribution in [-0.4, -0.2) is 33.0 Å². The number of thiazole rings is 1. The van der Waals surface area contributed by atoms with Gasteiger partial charge in [-0.15, -0.1) is 5.10 Å². The van der Waals surface area contributed by atoms with E-state index in [-0.39, 0.29) is 16.7 Å². The smallest absolute Gasteiger partial charge is 0.291 e. The van der Waals surface area contributed by atoms with Gasteiger partial charge in [-0.25, -0.2) is 0 Å². The van der Waals surface area contributed by atoms with Gasteiger partial charge in [0.15, 0.2) is 5.82 Å². The molecule has 2 aromatic carbocycles. The topological polar surface area (TPSA) is 111 Å². The van der Waals surface area contributed by atoms with Crippen molar-refractivity contribution in [2.24, 2.45) is 5.73 Å². The van der Waals surface area contributed by atoms with Crippen LogP contribution >= 0.6 is 11.3 Å². The molecule has 0 fully saturated rings. The SMILES string of the molecule is Cc1ccc(-c2nc3s/c(=C4\C(=O)N(CC(N)=O)c5ccccc54)c(=O)n3n2)cc1. The predicted octanol–water partition coefficient (Wildman–Crippen LogP) is 0.876. The first kappa shape index (κ1) is 18.2. The number of benzene rings is 2. The molecule has 5 rings (SSSR count). The van der Waals surface area contributed by atoms with Crippen LogP contribution in [0, 0.1) is 6.92 Å². The first-order valence-electron chi connectivity index (χ1n) is 9.14. The van der Waals surface area contributed by atoms with Crippen molar-refractivity contribution in [3.05, 3.63) is 74.5 Å². The van der Waals surface area contributed by atoms with Crippen LogP contribution < -0.4 is 20.7 Å². The maximum absolute atomic E-state index is 13.1. The van der Waals surface area contributed by atoms with Gasteiger partial charge in [-0.05, 0) is 13.0 Å². The maximum atomic E-state index is 13.1. The molecule has 0 saturated carbocycles. The highest BCUT2D eigenvalue weighted by Gasteiger charge is 2.35. The molecule has 2 amide bonds. The predicted molar refractivity (Wildman–Crippen MR) is 113 cm³/mol. The summed E-state index contributed by atoms with van der Waals surface area (Å²) in [5.41, 5.74) is 8.19. The zero-order chi connectivity index (χ0) is 21.0. The quantitative estimate of drug-likeness (QED) is 0.532. The minimum absolute atomic E-state index is 0.241. The molecule has 0 atom stereocenters. The van der Waals surface area contributed by atoms with E-state index in [2.05, 4.69) is 10.1 Å². The summed E-state index contributed by atoms with van der Waals surface area (Å²) in [6.07, 6.45) is 0. The summed E-state index contributed by atoms with van der Waals surface area (Å²) in [6, 6.07) is 14.7. The molecule has 0 spiro atoms. The Morgan fingerprint density at radius 2 is 1.83 bits per heavy atom. The van der Waals surface area contributed by atoms with Crippen molar-refractivity contribution in [2.75, 3.05) is 11.4 Å². The number of primary amides is 1. The van der Waals surface area contributed by atoms with Crippen molar-refractivity contribution in [1.29, 1.82) is 0 Å². The number of aryl methyl sites for hydroxylation is 1. The Morgan fingerprint density at radius 3 is 2.53 bits per heavy atom. The highest BCUT2D eigenvalue weighted by molar-refractivity contribution is 7.15. The fourth-order valence-electron chi connectivity index (χ4n) is 3.52. The van der Waals surface area contributed by atoms with Gasteiger partial charge in [-0.3, -0.25) is 19.3 Å². The van der Waals surface area contributed by atoms with Crippen molar-refractivity contribution < 1.29 is 9.59 Å². The lowest BCUT2D eigenvalue weighted by atomic mass is 10.1. The number of hydrogen-bond donors (Lipinski definition) is 1. The fraction of sp³-hybridized carbons (Fsp3) is 0.0952. The zero-order valence-corrected chi connectivity index (χ0v) is 16.6. The second kappa shape index (κ2) is 6.60. The summed E-state index contributed by atoms with van der Waals surface area (Å²) >= 11 is 1.10. The van der Waals surface area contributed by atoms with Crippen molar-refractivity contribution in [3.8, 4) is 11.4 Å². The summed E-state index contributed by atoms with van der Waals surface area (Å²) in [6.45, 7) is 1.73. The lowest BCUT2D eigenvalue weighted by Gasteiger charge is -2.14. The second-order valence-corrected chi connectivity index (χ2v) is 7.96. The molecule has 0 bridgehead atoms. The number of carbonyl (C=O) groups is 2. The van der Waals surface area contributed by atoms with Gasteiger partial charge in [0, 0.05) is 11.1 Å². The van der Waals surface area contributed by atoms with Crippen LogP contribution in [0.15, 0.2) is 53.3 Å². The summed E-state index contributed by atoms with van der Waals surface area (Å²) in [4.78, 5) is 43.8. The summed E-state index contributed by atoms with van der Waals surface area (Å²) in [5, 5.41) is 4.34. The molecule has 8 nitrogen and oxygen atoms in total. The number of hydrogen-bond acceptors (Lipinski definition) is 6. The van der Waals surface area contributed by atoms with Gasteiger partial charge in [0.25, 0.3) is 11.5 Å². The molecule has 1 aliphatic heterocycles. The van der Waals surface area contributed by atoms with Crippen LogP contribution in [-0.2, 0) is 9.59 Å². The molecular formula is C21H15N5O3S. The van der Waals surface area contributed by atoms with Crippen LogP contribution in [0.2, 0.25) is 0 Å². The van der Waals surface area contributed by atoms with E-state index < -0.39 is 17.4 Å². The fourth-order valence-corrected chi connectivity index (χ4v) is 4.52. The Hall–Kier alpha value is -3.85. The third-order valence-electron chi connectivity index (χ3n) is 4.93. The van der Waals surface area contributed by atoms with Crippen molar-refractivity contribution in [2.45, 2.75) is 6.92 Å². The van der Waals surface area contributed by atoms with Crippen molar-refractivity contribution in [1.82, 2.24) is 14.6 Å². The molecule has 1 aliphatic rings. The van der Waals surface area contributed by atoms with Crippen LogP contribution in [0.1, 0.15) is 11.1 Å². The van der Waals surface area contributed by atoms with E-state index >= 15 is 0 Å². The van der Waals surface area contributed by atoms with Gasteiger partial charge >= 0.3 is 0 Å². The summed E-state index contributed by atoms with van der Waals surface area (Å²) in [7, 11) is 0. The number of para-hydroxylation sites is 1. The number of amides is 2. The van der Waals surface area contributed by atoms with Crippen LogP contribution in [0.25, 0.3) is 21.9 Å². The Kier molecular flexibility index (Phi) is 4.00. The molecule has 2 aromatic heterocycles. The van der Waals surface area contributed by atoms with Gasteiger partial charge in [0.2, 0.25) is 10.9 Å². The number of fused-ring (bicyclic) bond motifs is 2. The van der Waals surface area contributed by atoms with Crippen LogP contribution in [0.5, 0.6) is 0 Å². The molecule has 9 heteroatoms. The molecule has 148 valence electrons. The number of anilines is 1. The van der Waals surface area contributed by atoms with Crippen LogP contribution in [0.3, 0.4) is 0 Å². The third kappa shape index (κ3) is 2.71. The van der Waals surface area contributed by atoms with E-state index in [4.69, 9.17) is 5.73 Å². The molecule has 0 saturated heterocycles. The van der Waals surface area contributed by atoms with E-state index in [1.165, 1.54) is 9.42 Å². The first-order valence-corrected chi connectivity index (χ1v) is 9.96. The van der Waals surface area contributed by atoms with Gasteiger partial charge in [-0.1, -0.05) is 59.4 Å². The average molecular weight is 417 g/mol. The monoisotopic (exact) mass is 417 g/mol. The normalized spacial score (nSPS) is 15.1. The Labute approximate surface area is 173 Å². The molecule has 3 heterocycles. The molecule has 0 aliphatic carbocycles. The lowest BCUT2D eigenvalue weighted by Crippen LogP contribution is -2.37. The summed E-state index contributed by atoms with van der Waals surface area (Å²) < 4.78 is 1.46. The Balaban J connectivity index is 1.70. The molecule has 2 N–H and O–H groups in total. The standard InChI is InChI=1S/C21H15N5O3S/c1-11-6-8-12(9-7-11)18-23-21-26(24-18)20(29)17(30-21)16-13-4-2-3-5-14(13)25(19(16)28)10-15(22)27/h2-9H,10H2,1H3,(H2,22,27)/b17-16-. The van der Waals surface area contributed by atoms with Gasteiger partial charge in [-0.2, -0.15) is 9.50 Å². The van der Waals surface area contributed by atoms with Crippen molar-refractivity contribution in [3.63, 3.8) is 0 Å². The van der Waals surface area contributed by atoms with E-state index in [0.717, 1.165) is 22.5 Å². The minimum Gasteiger partial charge on any atom is -0.368 e.